The first kappa shape index (κ1) is 6.97. The molecule has 0 amide bonds. The van der Waals surface area contributed by atoms with Crippen molar-refractivity contribution in [1.82, 2.24) is 15.2 Å². The first-order valence-electron chi connectivity index (χ1n) is 3.47. The van der Waals surface area contributed by atoms with Crippen LogP contribution in [-0.4, -0.2) is 15.2 Å². The minimum absolute atomic E-state index is 0.335. The van der Waals surface area contributed by atoms with Gasteiger partial charge < -0.3 is 0 Å². The van der Waals surface area contributed by atoms with Gasteiger partial charge in [-0.2, -0.15) is 5.10 Å². The fourth-order valence-electron chi connectivity index (χ4n) is 0.934. The second-order valence-corrected chi connectivity index (χ2v) is 2.33. The summed E-state index contributed by atoms with van der Waals surface area (Å²) in [5.74, 6) is -0.335. The van der Waals surface area contributed by atoms with Gasteiger partial charge in [0.05, 0.1) is 17.6 Å². The lowest BCUT2D eigenvalue weighted by atomic mass is 10.3. The largest absolute Gasteiger partial charge is 0.276 e. The van der Waals surface area contributed by atoms with E-state index in [9.17, 15) is 4.39 Å². The fourth-order valence-corrected chi connectivity index (χ4v) is 0.934. The molecule has 0 aliphatic carbocycles. The molecule has 2 heterocycles. The van der Waals surface area contributed by atoms with Gasteiger partial charge in [-0.15, -0.1) is 0 Å². The minimum atomic E-state index is -0.335. The van der Waals surface area contributed by atoms with E-state index in [1.807, 2.05) is 0 Å². The van der Waals surface area contributed by atoms with E-state index in [-0.39, 0.29) is 5.82 Å². The normalized spacial score (nSPS) is 10.1. The molecule has 0 aliphatic heterocycles. The van der Waals surface area contributed by atoms with E-state index in [0.717, 1.165) is 5.69 Å². The summed E-state index contributed by atoms with van der Waals surface area (Å²) in [5.41, 5.74) is 1.48. The van der Waals surface area contributed by atoms with Gasteiger partial charge in [0.15, 0.2) is 0 Å². The van der Waals surface area contributed by atoms with Crippen molar-refractivity contribution in [3.8, 4) is 11.4 Å². The quantitative estimate of drug-likeness (QED) is 0.693. The van der Waals surface area contributed by atoms with Crippen LogP contribution in [0.25, 0.3) is 11.4 Å². The number of hydrogen-bond donors (Lipinski definition) is 1. The summed E-state index contributed by atoms with van der Waals surface area (Å²) < 4.78 is 12.4. The number of aromatic nitrogens is 3. The Hall–Kier alpha value is -1.71. The van der Waals surface area contributed by atoms with Crippen molar-refractivity contribution >= 4 is 0 Å². The maximum Gasteiger partial charge on any atom is 0.141 e. The number of aromatic amines is 1. The van der Waals surface area contributed by atoms with E-state index >= 15 is 0 Å². The van der Waals surface area contributed by atoms with Crippen LogP contribution in [0.15, 0.2) is 30.6 Å². The van der Waals surface area contributed by atoms with Gasteiger partial charge in [-0.1, -0.05) is 0 Å². The number of H-pyrrole nitrogens is 1. The Kier molecular flexibility index (Phi) is 1.59. The molecule has 4 heteroatoms. The second kappa shape index (κ2) is 2.73. The maximum atomic E-state index is 12.4. The molecule has 0 aromatic carbocycles. The molecular weight excluding hydrogens is 157 g/mol. The Morgan fingerprint density at radius 3 is 2.75 bits per heavy atom. The van der Waals surface area contributed by atoms with Gasteiger partial charge in [0.25, 0.3) is 0 Å². The van der Waals surface area contributed by atoms with E-state index in [1.54, 1.807) is 18.3 Å². The summed E-state index contributed by atoms with van der Waals surface area (Å²) in [6.45, 7) is 0. The third-order valence-electron chi connectivity index (χ3n) is 1.50. The molecule has 1 N–H and O–H groups in total. The van der Waals surface area contributed by atoms with Crippen LogP contribution in [0.4, 0.5) is 4.39 Å². The molecule has 0 unspecified atom stereocenters. The molecule has 2 aromatic heterocycles. The van der Waals surface area contributed by atoms with Gasteiger partial charge in [-0.25, -0.2) is 4.39 Å². The number of nitrogens with zero attached hydrogens (tertiary/aromatic N) is 2. The zero-order chi connectivity index (χ0) is 8.39. The zero-order valence-electron chi connectivity index (χ0n) is 6.16. The van der Waals surface area contributed by atoms with Crippen LogP contribution in [0, 0.1) is 5.82 Å². The molecule has 0 fully saturated rings. The van der Waals surface area contributed by atoms with E-state index in [4.69, 9.17) is 0 Å². The Bertz CT molecular complexity index is 352. The maximum absolute atomic E-state index is 12.4. The van der Waals surface area contributed by atoms with Gasteiger partial charge >= 0.3 is 0 Å². The zero-order valence-corrected chi connectivity index (χ0v) is 6.16. The standard InChI is InChI=1S/C8H6FN3/c9-6-1-2-7(10-5-6)8-3-4-11-12-8/h1-5H,(H,11,12). The molecule has 2 rings (SSSR count). The lowest BCUT2D eigenvalue weighted by Crippen LogP contribution is -1.84. The Balaban J connectivity index is 2.43. The van der Waals surface area contributed by atoms with E-state index in [1.165, 1.54) is 12.3 Å². The number of halogens is 1. The molecule has 0 aliphatic rings. The Morgan fingerprint density at radius 1 is 1.25 bits per heavy atom. The highest BCUT2D eigenvalue weighted by atomic mass is 19.1. The predicted octanol–water partition coefficient (Wildman–Crippen LogP) is 1.61. The summed E-state index contributed by atoms with van der Waals surface area (Å²) >= 11 is 0. The average molecular weight is 163 g/mol. The lowest BCUT2D eigenvalue weighted by Gasteiger charge is -1.93. The fraction of sp³-hybridized carbons (Fsp3) is 0. The molecule has 0 bridgehead atoms. The van der Waals surface area contributed by atoms with Gasteiger partial charge in [0.1, 0.15) is 5.82 Å². The molecule has 0 spiro atoms. The number of hydrogen-bond acceptors (Lipinski definition) is 2. The molecule has 0 radical (unpaired) electrons. The number of pyridine rings is 1. The summed E-state index contributed by atoms with van der Waals surface area (Å²) in [6.07, 6.45) is 2.80. The van der Waals surface area contributed by atoms with Crippen LogP contribution < -0.4 is 0 Å². The van der Waals surface area contributed by atoms with E-state index in [0.29, 0.717) is 5.69 Å². The minimum Gasteiger partial charge on any atom is -0.276 e. The van der Waals surface area contributed by atoms with E-state index in [2.05, 4.69) is 15.2 Å². The molecule has 0 atom stereocenters. The molecular formula is C8H6FN3. The van der Waals surface area contributed by atoms with Crippen LogP contribution in [0.2, 0.25) is 0 Å². The smallest absolute Gasteiger partial charge is 0.141 e. The molecule has 2 aromatic rings. The number of nitrogens with one attached hydrogen (secondary N) is 1. The topological polar surface area (TPSA) is 41.6 Å². The predicted molar refractivity (Wildman–Crippen MR) is 41.8 cm³/mol. The van der Waals surface area contributed by atoms with Crippen molar-refractivity contribution in [3.63, 3.8) is 0 Å². The first-order valence-corrected chi connectivity index (χ1v) is 3.47. The van der Waals surface area contributed by atoms with E-state index < -0.39 is 0 Å². The Morgan fingerprint density at radius 2 is 2.17 bits per heavy atom. The molecule has 0 saturated carbocycles. The van der Waals surface area contributed by atoms with Gasteiger partial charge in [0, 0.05) is 6.20 Å². The van der Waals surface area contributed by atoms with Gasteiger partial charge in [0.2, 0.25) is 0 Å². The lowest BCUT2D eigenvalue weighted by molar-refractivity contribution is 0.622. The van der Waals surface area contributed by atoms with Crippen molar-refractivity contribution < 1.29 is 4.39 Å². The summed E-state index contributed by atoms with van der Waals surface area (Å²) in [4.78, 5) is 3.87. The van der Waals surface area contributed by atoms with Crippen molar-refractivity contribution in [2.75, 3.05) is 0 Å². The Labute approximate surface area is 68.3 Å². The highest BCUT2D eigenvalue weighted by molar-refractivity contribution is 5.52. The first-order chi connectivity index (χ1) is 5.86. The van der Waals surface area contributed by atoms with Crippen LogP contribution in [0.5, 0.6) is 0 Å². The van der Waals surface area contributed by atoms with Crippen LogP contribution in [-0.2, 0) is 0 Å². The third-order valence-corrected chi connectivity index (χ3v) is 1.50. The average Bonchev–Trinajstić information content (AvgIpc) is 2.58. The molecule has 3 nitrogen and oxygen atoms in total. The SMILES string of the molecule is Fc1ccc(-c2ccn[nH]2)nc1. The molecule has 12 heavy (non-hydrogen) atoms. The highest BCUT2D eigenvalue weighted by Crippen LogP contribution is 2.11. The summed E-state index contributed by atoms with van der Waals surface area (Å²) in [7, 11) is 0. The second-order valence-electron chi connectivity index (χ2n) is 2.33. The highest BCUT2D eigenvalue weighted by Gasteiger charge is 1.98. The van der Waals surface area contributed by atoms with Crippen LogP contribution in [0.1, 0.15) is 0 Å². The molecule has 0 saturated heterocycles. The van der Waals surface area contributed by atoms with Gasteiger partial charge in [-0.05, 0) is 18.2 Å². The van der Waals surface area contributed by atoms with Crippen molar-refractivity contribution in [2.45, 2.75) is 0 Å². The summed E-state index contributed by atoms with van der Waals surface area (Å²) in [5, 5.41) is 6.50. The van der Waals surface area contributed by atoms with Crippen molar-refractivity contribution in [2.24, 2.45) is 0 Å². The van der Waals surface area contributed by atoms with Crippen molar-refractivity contribution in [3.05, 3.63) is 36.4 Å². The monoisotopic (exact) mass is 163 g/mol. The molecule has 60 valence electrons. The number of rotatable bonds is 1. The van der Waals surface area contributed by atoms with Gasteiger partial charge in [-0.3, -0.25) is 10.1 Å². The van der Waals surface area contributed by atoms with Crippen LogP contribution in [0.3, 0.4) is 0 Å². The van der Waals surface area contributed by atoms with Crippen LogP contribution >= 0.6 is 0 Å². The van der Waals surface area contributed by atoms with Crippen molar-refractivity contribution in [1.29, 1.82) is 0 Å². The third kappa shape index (κ3) is 1.18. The summed E-state index contributed by atoms with van der Waals surface area (Å²) in [6, 6.07) is 4.74.